The number of aryl methyl sites for hydroxylation is 3. The van der Waals surface area contributed by atoms with Crippen molar-refractivity contribution in [3.8, 4) is 5.75 Å². The lowest BCUT2D eigenvalue weighted by Gasteiger charge is -2.19. The number of benzene rings is 3. The van der Waals surface area contributed by atoms with Crippen molar-refractivity contribution in [3.05, 3.63) is 97.6 Å². The van der Waals surface area contributed by atoms with Crippen molar-refractivity contribution in [2.45, 2.75) is 67.1 Å². The van der Waals surface area contributed by atoms with E-state index in [1.165, 1.54) is 27.8 Å². The summed E-state index contributed by atoms with van der Waals surface area (Å²) in [6.45, 7) is 10.3. The van der Waals surface area contributed by atoms with E-state index in [0.29, 0.717) is 12.0 Å². The van der Waals surface area contributed by atoms with E-state index in [-0.39, 0.29) is 19.0 Å². The molecule has 0 fully saturated rings. The van der Waals surface area contributed by atoms with Gasteiger partial charge in [0.15, 0.2) is 0 Å². The second-order valence-electron chi connectivity index (χ2n) is 8.73. The van der Waals surface area contributed by atoms with Crippen LogP contribution in [0, 0.1) is 27.7 Å². The fourth-order valence-electron chi connectivity index (χ4n) is 4.70. The lowest BCUT2D eigenvalue weighted by molar-refractivity contribution is 0.275. The minimum Gasteiger partial charge on any atom is -0.507 e. The second kappa shape index (κ2) is 9.67. The molecular weight excluding hydrogens is 384 g/mol. The first kappa shape index (κ1) is 23.1. The van der Waals surface area contributed by atoms with Gasteiger partial charge < -0.3 is 15.3 Å². The molecule has 0 atom stereocenters. The summed E-state index contributed by atoms with van der Waals surface area (Å²) in [4.78, 5) is 0. The van der Waals surface area contributed by atoms with Crippen molar-refractivity contribution < 1.29 is 15.3 Å². The van der Waals surface area contributed by atoms with Gasteiger partial charge in [-0.15, -0.1) is 0 Å². The van der Waals surface area contributed by atoms with E-state index in [4.69, 9.17) is 0 Å². The van der Waals surface area contributed by atoms with Gasteiger partial charge in [-0.2, -0.15) is 0 Å². The summed E-state index contributed by atoms with van der Waals surface area (Å²) in [5.74, 6) is 0.195. The molecule has 31 heavy (non-hydrogen) atoms. The molecule has 3 heteroatoms. The zero-order chi connectivity index (χ0) is 22.7. The van der Waals surface area contributed by atoms with Gasteiger partial charge in [-0.1, -0.05) is 60.0 Å². The van der Waals surface area contributed by atoms with Crippen LogP contribution in [0.1, 0.15) is 68.1 Å². The molecule has 0 saturated heterocycles. The molecule has 0 aliphatic heterocycles. The maximum Gasteiger partial charge on any atom is 0.124 e. The second-order valence-corrected chi connectivity index (χ2v) is 8.73. The molecule has 0 aliphatic rings. The molecule has 0 saturated carbocycles. The van der Waals surface area contributed by atoms with Crippen molar-refractivity contribution in [1.29, 1.82) is 0 Å². The van der Waals surface area contributed by atoms with Crippen LogP contribution in [0.15, 0.2) is 36.4 Å². The van der Waals surface area contributed by atoms with Gasteiger partial charge in [-0.3, -0.25) is 0 Å². The highest BCUT2D eigenvalue weighted by Gasteiger charge is 2.15. The first-order valence-corrected chi connectivity index (χ1v) is 11.0. The Balaban J connectivity index is 2.07. The van der Waals surface area contributed by atoms with Gasteiger partial charge >= 0.3 is 0 Å². The number of aliphatic hydroxyl groups excluding tert-OH is 2. The van der Waals surface area contributed by atoms with Crippen molar-refractivity contribution >= 4 is 0 Å². The Morgan fingerprint density at radius 2 is 1.00 bits per heavy atom. The van der Waals surface area contributed by atoms with Gasteiger partial charge in [-0.05, 0) is 79.5 Å². The summed E-state index contributed by atoms with van der Waals surface area (Å²) in [5, 5.41) is 30.0. The average molecular weight is 419 g/mol. The van der Waals surface area contributed by atoms with E-state index in [1.54, 1.807) is 0 Å². The van der Waals surface area contributed by atoms with E-state index < -0.39 is 0 Å². The van der Waals surface area contributed by atoms with Crippen LogP contribution >= 0.6 is 0 Å². The Morgan fingerprint density at radius 1 is 0.581 bits per heavy atom. The largest absolute Gasteiger partial charge is 0.507 e. The normalized spacial score (nSPS) is 11.2. The Hall–Kier alpha value is -2.62. The predicted molar refractivity (Wildman–Crippen MR) is 127 cm³/mol. The number of hydrogen-bond donors (Lipinski definition) is 3. The highest BCUT2D eigenvalue weighted by molar-refractivity contribution is 5.50. The van der Waals surface area contributed by atoms with Crippen LogP contribution in [-0.4, -0.2) is 15.3 Å². The van der Waals surface area contributed by atoms with Crippen molar-refractivity contribution in [3.63, 3.8) is 0 Å². The van der Waals surface area contributed by atoms with E-state index in [9.17, 15) is 15.3 Å². The molecule has 0 radical (unpaired) electrons. The van der Waals surface area contributed by atoms with Crippen LogP contribution in [0.4, 0.5) is 0 Å². The van der Waals surface area contributed by atoms with Crippen LogP contribution in [0.25, 0.3) is 0 Å². The van der Waals surface area contributed by atoms with E-state index >= 15 is 0 Å². The summed E-state index contributed by atoms with van der Waals surface area (Å²) in [7, 11) is 0. The average Bonchev–Trinajstić information content (AvgIpc) is 2.72. The Bertz CT molecular complexity index is 1010. The third-order valence-electron chi connectivity index (χ3n) is 6.21. The van der Waals surface area contributed by atoms with E-state index in [1.807, 2.05) is 19.1 Å². The molecule has 3 nitrogen and oxygen atoms in total. The van der Waals surface area contributed by atoms with E-state index in [0.717, 1.165) is 40.7 Å². The van der Waals surface area contributed by atoms with Crippen molar-refractivity contribution in [1.82, 2.24) is 0 Å². The molecule has 0 bridgehead atoms. The fourth-order valence-corrected chi connectivity index (χ4v) is 4.70. The van der Waals surface area contributed by atoms with Crippen LogP contribution in [0.3, 0.4) is 0 Å². The zero-order valence-corrected chi connectivity index (χ0v) is 19.3. The molecule has 3 aromatic rings. The first-order chi connectivity index (χ1) is 14.8. The zero-order valence-electron chi connectivity index (χ0n) is 19.3. The van der Waals surface area contributed by atoms with Crippen LogP contribution in [-0.2, 0) is 32.5 Å². The SMILES string of the molecule is CCc1c(Cc2cc(C)cc(CO)c2C)cc(C)cc1Cc1cc(C)cc(CO)c1O. The van der Waals surface area contributed by atoms with Crippen LogP contribution in [0.5, 0.6) is 5.75 Å². The van der Waals surface area contributed by atoms with Gasteiger partial charge in [0.25, 0.3) is 0 Å². The van der Waals surface area contributed by atoms with Crippen LogP contribution < -0.4 is 0 Å². The monoisotopic (exact) mass is 418 g/mol. The Morgan fingerprint density at radius 3 is 1.52 bits per heavy atom. The molecule has 0 aromatic heterocycles. The molecule has 0 heterocycles. The minimum absolute atomic E-state index is 0.0556. The smallest absolute Gasteiger partial charge is 0.124 e. The third kappa shape index (κ3) is 5.00. The van der Waals surface area contributed by atoms with Gasteiger partial charge in [0.1, 0.15) is 5.75 Å². The molecule has 0 aliphatic carbocycles. The molecule has 3 N–H and O–H groups in total. The summed E-state index contributed by atoms with van der Waals surface area (Å²) in [5.41, 5.74) is 12.0. The van der Waals surface area contributed by atoms with E-state index in [2.05, 4.69) is 52.0 Å². The van der Waals surface area contributed by atoms with Crippen LogP contribution in [0.2, 0.25) is 0 Å². The van der Waals surface area contributed by atoms with Gasteiger partial charge in [0.2, 0.25) is 0 Å². The fraction of sp³-hybridized carbons (Fsp3) is 0.357. The maximum atomic E-state index is 10.7. The number of aromatic hydroxyl groups is 1. The summed E-state index contributed by atoms with van der Waals surface area (Å²) >= 11 is 0. The van der Waals surface area contributed by atoms with Gasteiger partial charge in [0, 0.05) is 12.0 Å². The lowest BCUT2D eigenvalue weighted by Crippen LogP contribution is -2.05. The number of aliphatic hydroxyl groups is 2. The molecular formula is C28H34O3. The summed E-state index contributed by atoms with van der Waals surface area (Å²) < 4.78 is 0. The Kier molecular flexibility index (Phi) is 7.19. The highest BCUT2D eigenvalue weighted by Crippen LogP contribution is 2.31. The van der Waals surface area contributed by atoms with Gasteiger partial charge in [0.05, 0.1) is 13.2 Å². The number of rotatable bonds is 7. The van der Waals surface area contributed by atoms with Gasteiger partial charge in [-0.25, -0.2) is 0 Å². The highest BCUT2D eigenvalue weighted by atomic mass is 16.3. The van der Waals surface area contributed by atoms with Crippen molar-refractivity contribution in [2.75, 3.05) is 0 Å². The molecule has 164 valence electrons. The predicted octanol–water partition coefficient (Wildman–Crippen LogP) is 5.35. The topological polar surface area (TPSA) is 60.7 Å². The molecule has 3 rings (SSSR count). The summed E-state index contributed by atoms with van der Waals surface area (Å²) in [6, 6.07) is 12.6. The molecule has 0 amide bonds. The summed E-state index contributed by atoms with van der Waals surface area (Å²) in [6.07, 6.45) is 2.36. The van der Waals surface area contributed by atoms with Crippen molar-refractivity contribution in [2.24, 2.45) is 0 Å². The first-order valence-electron chi connectivity index (χ1n) is 11.0. The maximum absolute atomic E-state index is 10.7. The Labute approximate surface area is 186 Å². The molecule has 3 aromatic carbocycles. The number of hydrogen-bond acceptors (Lipinski definition) is 3. The quantitative estimate of drug-likeness (QED) is 0.484. The minimum atomic E-state index is -0.167. The standard InChI is InChI=1S/C28H34O3/c1-6-27-22(13-21-7-17(2)11-25(15-29)20(21)5)8-18(3)9-23(27)14-24-10-19(4)12-26(16-30)28(24)31/h7-12,29-31H,6,13-16H2,1-5H3. The molecule has 0 unspecified atom stereocenters. The molecule has 0 spiro atoms. The third-order valence-corrected chi connectivity index (χ3v) is 6.21. The number of phenols is 1. The lowest BCUT2D eigenvalue weighted by atomic mass is 9.87.